The molecular formula is C20H12N2O4. The fourth-order valence-electron chi connectivity index (χ4n) is 3.08. The number of rotatable bonds is 1. The number of fused-ring (bicyclic) bond motifs is 4. The first-order valence-electron chi connectivity index (χ1n) is 7.96. The largest absolute Gasteiger partial charge is 0.507 e. The molecule has 0 aliphatic heterocycles. The number of aromatic nitrogens is 1. The summed E-state index contributed by atoms with van der Waals surface area (Å²) in [7, 11) is 0. The zero-order chi connectivity index (χ0) is 17.8. The smallest absolute Gasteiger partial charge is 0.227 e. The number of anilines is 1. The van der Waals surface area contributed by atoms with Crippen LogP contribution >= 0.6 is 0 Å². The van der Waals surface area contributed by atoms with Crippen molar-refractivity contribution in [2.75, 3.05) is 5.73 Å². The maximum Gasteiger partial charge on any atom is 0.227 e. The highest BCUT2D eigenvalue weighted by atomic mass is 16.4. The van der Waals surface area contributed by atoms with Crippen LogP contribution in [0.5, 0.6) is 5.75 Å². The minimum absolute atomic E-state index is 0.0911. The number of nitrogens with zero attached hydrogens (tertiary/aromatic N) is 1. The summed E-state index contributed by atoms with van der Waals surface area (Å²) in [5, 5.41) is 10.9. The number of nitrogen functional groups attached to an aromatic ring is 1. The minimum Gasteiger partial charge on any atom is -0.507 e. The molecule has 0 spiro atoms. The van der Waals surface area contributed by atoms with Crippen LogP contribution in [0.15, 0.2) is 68.2 Å². The molecule has 6 heteroatoms. The van der Waals surface area contributed by atoms with Gasteiger partial charge in [0.1, 0.15) is 16.7 Å². The van der Waals surface area contributed by atoms with Crippen molar-refractivity contribution < 1.29 is 13.9 Å². The quantitative estimate of drug-likeness (QED) is 0.351. The van der Waals surface area contributed by atoms with Crippen LogP contribution in [0.25, 0.3) is 44.5 Å². The van der Waals surface area contributed by atoms with Gasteiger partial charge in [-0.2, -0.15) is 0 Å². The van der Waals surface area contributed by atoms with Crippen molar-refractivity contribution in [2.45, 2.75) is 0 Å². The third-order valence-corrected chi connectivity index (χ3v) is 4.35. The molecule has 0 radical (unpaired) electrons. The van der Waals surface area contributed by atoms with Gasteiger partial charge in [0.05, 0.1) is 5.39 Å². The third-order valence-electron chi connectivity index (χ3n) is 4.35. The molecule has 0 bridgehead atoms. The molecule has 0 unspecified atom stereocenters. The SMILES string of the molecule is Nc1ccc(-c2nc3c(cc(O)c4c(=O)c5ccccc5oc43)o2)cc1. The molecule has 0 aliphatic rings. The summed E-state index contributed by atoms with van der Waals surface area (Å²) in [6.07, 6.45) is 0. The van der Waals surface area contributed by atoms with Gasteiger partial charge in [-0.15, -0.1) is 0 Å². The van der Waals surface area contributed by atoms with Crippen LogP contribution in [0.3, 0.4) is 0 Å². The van der Waals surface area contributed by atoms with Gasteiger partial charge in [-0.25, -0.2) is 4.98 Å². The lowest BCUT2D eigenvalue weighted by molar-refractivity contribution is 0.479. The van der Waals surface area contributed by atoms with Crippen molar-refractivity contribution in [3.05, 3.63) is 64.8 Å². The average Bonchev–Trinajstić information content (AvgIpc) is 3.06. The summed E-state index contributed by atoms with van der Waals surface area (Å²) >= 11 is 0. The van der Waals surface area contributed by atoms with E-state index in [9.17, 15) is 9.90 Å². The van der Waals surface area contributed by atoms with Crippen LogP contribution in [0.1, 0.15) is 0 Å². The van der Waals surface area contributed by atoms with Crippen molar-refractivity contribution >= 4 is 38.7 Å². The number of benzene rings is 3. The van der Waals surface area contributed by atoms with Gasteiger partial charge in [-0.3, -0.25) is 4.79 Å². The normalized spacial score (nSPS) is 11.5. The predicted molar refractivity (Wildman–Crippen MR) is 99.1 cm³/mol. The summed E-state index contributed by atoms with van der Waals surface area (Å²) in [6.45, 7) is 0. The number of hydrogen-bond donors (Lipinski definition) is 2. The highest BCUT2D eigenvalue weighted by Gasteiger charge is 2.19. The molecule has 6 nitrogen and oxygen atoms in total. The van der Waals surface area contributed by atoms with Crippen molar-refractivity contribution in [3.8, 4) is 17.2 Å². The molecule has 0 amide bonds. The molecule has 5 rings (SSSR count). The van der Waals surface area contributed by atoms with Crippen molar-refractivity contribution in [1.82, 2.24) is 4.98 Å². The van der Waals surface area contributed by atoms with E-state index in [0.717, 1.165) is 5.56 Å². The van der Waals surface area contributed by atoms with Crippen molar-refractivity contribution in [1.29, 1.82) is 0 Å². The van der Waals surface area contributed by atoms with Crippen LogP contribution in [-0.2, 0) is 0 Å². The first kappa shape index (κ1) is 14.5. The van der Waals surface area contributed by atoms with E-state index in [0.29, 0.717) is 33.6 Å². The van der Waals surface area contributed by atoms with Gasteiger partial charge >= 0.3 is 0 Å². The molecule has 5 aromatic rings. The Balaban J connectivity index is 1.89. The molecule has 0 saturated carbocycles. The highest BCUT2D eigenvalue weighted by molar-refractivity contribution is 6.06. The molecule has 26 heavy (non-hydrogen) atoms. The van der Waals surface area contributed by atoms with Gasteiger partial charge in [0.15, 0.2) is 16.7 Å². The van der Waals surface area contributed by atoms with Crippen LogP contribution in [0, 0.1) is 0 Å². The van der Waals surface area contributed by atoms with E-state index in [1.165, 1.54) is 6.07 Å². The van der Waals surface area contributed by atoms with Gasteiger partial charge in [-0.05, 0) is 36.4 Å². The second kappa shape index (κ2) is 5.10. The number of hydrogen-bond acceptors (Lipinski definition) is 6. The lowest BCUT2D eigenvalue weighted by Gasteiger charge is -2.03. The van der Waals surface area contributed by atoms with E-state index in [-0.39, 0.29) is 22.1 Å². The second-order valence-corrected chi connectivity index (χ2v) is 6.01. The zero-order valence-corrected chi connectivity index (χ0v) is 13.4. The maximum atomic E-state index is 12.8. The number of phenolic OH excluding ortho intramolecular Hbond substituents is 1. The predicted octanol–water partition coefficient (Wildman–Crippen LogP) is 4.04. The maximum absolute atomic E-state index is 12.8. The Morgan fingerprint density at radius 3 is 2.54 bits per heavy atom. The van der Waals surface area contributed by atoms with Gasteiger partial charge < -0.3 is 19.7 Å². The van der Waals surface area contributed by atoms with Crippen LogP contribution < -0.4 is 11.2 Å². The van der Waals surface area contributed by atoms with E-state index in [2.05, 4.69) is 4.98 Å². The molecule has 2 heterocycles. The molecule has 0 saturated heterocycles. The van der Waals surface area contributed by atoms with Crippen LogP contribution in [-0.4, -0.2) is 10.1 Å². The standard InChI is InChI=1S/C20H12N2O4/c21-11-7-5-10(6-8-11)20-22-17-15(26-20)9-13(23)16-18(24)12-3-1-2-4-14(12)25-19(16)17/h1-9,23H,21H2. The zero-order valence-electron chi connectivity index (χ0n) is 13.4. The second-order valence-electron chi connectivity index (χ2n) is 6.01. The van der Waals surface area contributed by atoms with Crippen LogP contribution in [0.4, 0.5) is 5.69 Å². The number of aromatic hydroxyl groups is 1. The highest BCUT2D eigenvalue weighted by Crippen LogP contribution is 2.35. The van der Waals surface area contributed by atoms with E-state index < -0.39 is 0 Å². The van der Waals surface area contributed by atoms with Gasteiger partial charge in [0.25, 0.3) is 0 Å². The van der Waals surface area contributed by atoms with Gasteiger partial charge in [0.2, 0.25) is 11.3 Å². The fourth-order valence-corrected chi connectivity index (χ4v) is 3.08. The van der Waals surface area contributed by atoms with E-state index >= 15 is 0 Å². The number of phenols is 1. The number of para-hydroxylation sites is 1. The summed E-state index contributed by atoms with van der Waals surface area (Å²) in [5.41, 5.74) is 8.10. The Hall–Kier alpha value is -3.80. The lowest BCUT2D eigenvalue weighted by atomic mass is 10.1. The summed E-state index contributed by atoms with van der Waals surface area (Å²) < 4.78 is 11.6. The van der Waals surface area contributed by atoms with Crippen LogP contribution in [0.2, 0.25) is 0 Å². The topological polar surface area (TPSA) is 102 Å². The van der Waals surface area contributed by atoms with E-state index in [1.54, 1.807) is 48.5 Å². The molecule has 0 atom stereocenters. The average molecular weight is 344 g/mol. The van der Waals surface area contributed by atoms with E-state index in [4.69, 9.17) is 14.6 Å². The molecular weight excluding hydrogens is 332 g/mol. The Morgan fingerprint density at radius 2 is 1.73 bits per heavy atom. The molecule has 3 aromatic carbocycles. The number of oxazole rings is 1. The summed E-state index contributed by atoms with van der Waals surface area (Å²) in [4.78, 5) is 17.3. The first-order valence-corrected chi connectivity index (χ1v) is 7.96. The monoisotopic (exact) mass is 344 g/mol. The molecule has 2 aromatic heterocycles. The molecule has 0 aliphatic carbocycles. The first-order chi connectivity index (χ1) is 12.6. The van der Waals surface area contributed by atoms with Gasteiger partial charge in [0, 0.05) is 17.3 Å². The minimum atomic E-state index is -0.307. The Morgan fingerprint density at radius 1 is 0.962 bits per heavy atom. The van der Waals surface area contributed by atoms with Crippen molar-refractivity contribution in [2.24, 2.45) is 0 Å². The Labute approximate surface area is 146 Å². The summed E-state index contributed by atoms with van der Waals surface area (Å²) in [5.74, 6) is 0.148. The fraction of sp³-hybridized carbons (Fsp3) is 0. The lowest BCUT2D eigenvalue weighted by Crippen LogP contribution is -2.02. The number of nitrogens with two attached hydrogens (primary N) is 1. The molecule has 126 valence electrons. The Kier molecular flexibility index (Phi) is 2.85. The third kappa shape index (κ3) is 1.99. The van der Waals surface area contributed by atoms with Gasteiger partial charge in [-0.1, -0.05) is 12.1 Å². The molecule has 0 fully saturated rings. The van der Waals surface area contributed by atoms with Crippen molar-refractivity contribution in [3.63, 3.8) is 0 Å². The molecule has 3 N–H and O–H groups in total. The summed E-state index contributed by atoms with van der Waals surface area (Å²) in [6, 6.07) is 15.3. The van der Waals surface area contributed by atoms with E-state index in [1.807, 2.05) is 0 Å². The Bertz CT molecular complexity index is 1360.